The molecule has 0 unspecified atom stereocenters. The van der Waals surface area contributed by atoms with Crippen molar-refractivity contribution in [2.45, 2.75) is 12.8 Å². The summed E-state index contributed by atoms with van der Waals surface area (Å²) in [4.78, 5) is 18.7. The van der Waals surface area contributed by atoms with E-state index in [1.165, 1.54) is 24.4 Å². The number of aromatic nitrogens is 5. The molecule has 5 rings (SSSR count). The van der Waals surface area contributed by atoms with Crippen molar-refractivity contribution >= 4 is 28.2 Å². The van der Waals surface area contributed by atoms with Crippen LogP contribution in [0.1, 0.15) is 11.3 Å². The van der Waals surface area contributed by atoms with E-state index in [1.54, 1.807) is 11.3 Å². The Morgan fingerprint density at radius 1 is 1.15 bits per heavy atom. The number of halogens is 1. The van der Waals surface area contributed by atoms with Crippen molar-refractivity contribution in [3.05, 3.63) is 29.3 Å². The van der Waals surface area contributed by atoms with Gasteiger partial charge >= 0.3 is 0 Å². The summed E-state index contributed by atoms with van der Waals surface area (Å²) < 4.78 is 13.0. The second kappa shape index (κ2) is 6.86. The highest BCUT2D eigenvalue weighted by atomic mass is 32.1. The van der Waals surface area contributed by atoms with Crippen LogP contribution in [0.3, 0.4) is 0 Å². The molecule has 1 fully saturated rings. The Bertz CT molecular complexity index is 933. The van der Waals surface area contributed by atoms with Crippen LogP contribution in [0.25, 0.3) is 11.3 Å². The first-order valence-corrected chi connectivity index (χ1v) is 9.83. The van der Waals surface area contributed by atoms with Crippen LogP contribution in [0.5, 0.6) is 0 Å². The van der Waals surface area contributed by atoms with Gasteiger partial charge in [0.05, 0.1) is 29.8 Å². The van der Waals surface area contributed by atoms with Crippen molar-refractivity contribution < 1.29 is 4.39 Å². The molecule has 140 valence electrons. The topological polar surface area (TPSA) is 85.9 Å². The minimum absolute atomic E-state index is 0.337. The fourth-order valence-electron chi connectivity index (χ4n) is 3.39. The molecular weight excluding hydrogens is 367 g/mol. The van der Waals surface area contributed by atoms with Crippen molar-refractivity contribution in [3.8, 4) is 11.3 Å². The van der Waals surface area contributed by atoms with Gasteiger partial charge in [-0.3, -0.25) is 5.10 Å². The third kappa shape index (κ3) is 3.26. The number of hydrogen-bond donors (Lipinski definition) is 2. The Kier molecular flexibility index (Phi) is 4.21. The number of nitrogens with zero attached hydrogens (tertiary/aromatic N) is 6. The predicted octanol–water partition coefficient (Wildman–Crippen LogP) is 2.27. The number of thiazole rings is 1. The van der Waals surface area contributed by atoms with Gasteiger partial charge < -0.3 is 15.1 Å². The van der Waals surface area contributed by atoms with E-state index in [4.69, 9.17) is 4.98 Å². The maximum absolute atomic E-state index is 13.0. The molecule has 2 aliphatic heterocycles. The molecule has 8 nitrogen and oxygen atoms in total. The van der Waals surface area contributed by atoms with Crippen molar-refractivity contribution in [2.75, 3.05) is 42.9 Å². The van der Waals surface area contributed by atoms with Crippen LogP contribution in [0.4, 0.5) is 21.3 Å². The molecule has 5 heterocycles. The summed E-state index contributed by atoms with van der Waals surface area (Å²) in [5, 5.41) is 11.2. The molecule has 1 saturated heterocycles. The van der Waals surface area contributed by atoms with Crippen LogP contribution in [0, 0.1) is 5.82 Å². The first-order valence-electron chi connectivity index (χ1n) is 9.01. The van der Waals surface area contributed by atoms with Crippen LogP contribution < -0.4 is 10.2 Å². The molecule has 3 aromatic heterocycles. The molecule has 0 spiro atoms. The lowest BCUT2D eigenvalue weighted by Crippen LogP contribution is -2.43. The van der Waals surface area contributed by atoms with E-state index in [0.29, 0.717) is 11.1 Å². The Morgan fingerprint density at radius 2 is 2.00 bits per heavy atom. The number of H-pyrrole nitrogens is 1. The van der Waals surface area contributed by atoms with E-state index in [9.17, 15) is 4.39 Å². The average molecular weight is 386 g/mol. The first kappa shape index (κ1) is 16.6. The van der Waals surface area contributed by atoms with Gasteiger partial charge in [0.25, 0.3) is 0 Å². The maximum atomic E-state index is 13.0. The van der Waals surface area contributed by atoms with Crippen molar-refractivity contribution in [1.29, 1.82) is 0 Å². The molecule has 0 amide bonds. The first-order chi connectivity index (χ1) is 13.3. The fourth-order valence-corrected chi connectivity index (χ4v) is 4.35. The normalized spacial score (nSPS) is 16.4. The third-order valence-corrected chi connectivity index (χ3v) is 6.00. The lowest BCUT2D eigenvalue weighted by molar-refractivity contribution is 0.186. The van der Waals surface area contributed by atoms with E-state index < -0.39 is 5.82 Å². The molecule has 2 N–H and O–H groups in total. The van der Waals surface area contributed by atoms with Gasteiger partial charge in [-0.2, -0.15) is 5.10 Å². The maximum Gasteiger partial charge on any atom is 0.229 e. The number of fused-ring (bicyclic) bond motifs is 3. The number of hydrogen-bond acceptors (Lipinski definition) is 8. The molecular formula is C17H19FN8S. The summed E-state index contributed by atoms with van der Waals surface area (Å²) in [6, 6.07) is 0. The molecule has 3 aromatic rings. The van der Waals surface area contributed by atoms with E-state index in [2.05, 4.69) is 35.3 Å². The Balaban J connectivity index is 1.38. The summed E-state index contributed by atoms with van der Waals surface area (Å²) in [7, 11) is 0. The quantitative estimate of drug-likeness (QED) is 0.696. The molecule has 27 heavy (non-hydrogen) atoms. The van der Waals surface area contributed by atoms with Crippen molar-refractivity contribution in [3.63, 3.8) is 0 Å². The number of aromatic amines is 1. The standard InChI is InChI=1S/C17H19FN8S/c18-11-8-19-16(20-9-11)23-17-22-14-12-10-21-24-15(12)26(5-2-13(14)27-17)7-6-25-3-1-4-25/h8-10H,1-7H2,(H,21,24)(H,19,20,22,23). The molecule has 0 bridgehead atoms. The average Bonchev–Trinajstić information content (AvgIpc) is 3.23. The zero-order chi connectivity index (χ0) is 18.2. The molecule has 2 aliphatic rings. The van der Waals surface area contributed by atoms with Crippen molar-refractivity contribution in [1.82, 2.24) is 30.0 Å². The van der Waals surface area contributed by atoms with Gasteiger partial charge in [0.2, 0.25) is 5.95 Å². The van der Waals surface area contributed by atoms with Gasteiger partial charge in [-0.1, -0.05) is 0 Å². The zero-order valence-electron chi connectivity index (χ0n) is 14.7. The van der Waals surface area contributed by atoms with E-state index in [1.807, 2.05) is 6.20 Å². The fraction of sp³-hybridized carbons (Fsp3) is 0.412. The summed E-state index contributed by atoms with van der Waals surface area (Å²) in [6.45, 7) is 5.40. The lowest BCUT2D eigenvalue weighted by Gasteiger charge is -2.33. The molecule has 0 atom stereocenters. The predicted molar refractivity (Wildman–Crippen MR) is 102 cm³/mol. The largest absolute Gasteiger partial charge is 0.355 e. The van der Waals surface area contributed by atoms with Gasteiger partial charge in [0.15, 0.2) is 10.9 Å². The highest BCUT2D eigenvalue weighted by molar-refractivity contribution is 7.16. The van der Waals surface area contributed by atoms with E-state index in [-0.39, 0.29) is 0 Å². The highest BCUT2D eigenvalue weighted by Crippen LogP contribution is 2.39. The van der Waals surface area contributed by atoms with Gasteiger partial charge in [0.1, 0.15) is 5.82 Å². The molecule has 0 radical (unpaired) electrons. The summed E-state index contributed by atoms with van der Waals surface area (Å²) in [5.41, 5.74) is 1.97. The van der Waals surface area contributed by atoms with Crippen molar-refractivity contribution in [2.24, 2.45) is 0 Å². The summed E-state index contributed by atoms with van der Waals surface area (Å²) in [6.07, 6.45) is 6.34. The summed E-state index contributed by atoms with van der Waals surface area (Å²) in [5.74, 6) is 0.907. The highest BCUT2D eigenvalue weighted by Gasteiger charge is 2.26. The minimum atomic E-state index is -0.461. The minimum Gasteiger partial charge on any atom is -0.355 e. The van der Waals surface area contributed by atoms with Gasteiger partial charge in [-0.25, -0.2) is 19.3 Å². The van der Waals surface area contributed by atoms with Crippen LogP contribution >= 0.6 is 11.3 Å². The number of likely N-dealkylation sites (tertiary alicyclic amines) is 1. The monoisotopic (exact) mass is 386 g/mol. The number of nitrogens with one attached hydrogen (secondary N) is 2. The number of anilines is 3. The van der Waals surface area contributed by atoms with Gasteiger partial charge in [0, 0.05) is 30.9 Å². The SMILES string of the molecule is Fc1cnc(Nc2nc3c(s2)CCN(CCN2CCC2)c2[nH]ncc2-3)nc1. The van der Waals surface area contributed by atoms with Gasteiger partial charge in [-0.05, 0) is 19.5 Å². The third-order valence-electron chi connectivity index (χ3n) is 4.97. The lowest BCUT2D eigenvalue weighted by atomic mass is 10.2. The second-order valence-corrected chi connectivity index (χ2v) is 7.79. The smallest absolute Gasteiger partial charge is 0.229 e. The Hall–Kier alpha value is -2.59. The number of rotatable bonds is 5. The Labute approximate surface area is 159 Å². The molecule has 10 heteroatoms. The van der Waals surface area contributed by atoms with Crippen LogP contribution in [-0.2, 0) is 6.42 Å². The molecule has 0 saturated carbocycles. The van der Waals surface area contributed by atoms with E-state index >= 15 is 0 Å². The molecule has 0 aromatic carbocycles. The van der Waals surface area contributed by atoms with Gasteiger partial charge in [-0.15, -0.1) is 11.3 Å². The Morgan fingerprint density at radius 3 is 2.78 bits per heavy atom. The van der Waals surface area contributed by atoms with E-state index in [0.717, 1.165) is 55.5 Å². The second-order valence-electron chi connectivity index (χ2n) is 6.71. The zero-order valence-corrected chi connectivity index (χ0v) is 15.5. The van der Waals surface area contributed by atoms with Crippen LogP contribution in [-0.4, -0.2) is 62.8 Å². The van der Waals surface area contributed by atoms with Crippen LogP contribution in [0.2, 0.25) is 0 Å². The van der Waals surface area contributed by atoms with Crippen LogP contribution in [0.15, 0.2) is 18.6 Å². The summed E-state index contributed by atoms with van der Waals surface area (Å²) >= 11 is 1.58. The molecule has 0 aliphatic carbocycles.